The van der Waals surface area contributed by atoms with Crippen LogP contribution in [0, 0.1) is 0 Å². The van der Waals surface area contributed by atoms with E-state index in [9.17, 15) is 0 Å². The standard InChI is InChI=1S/C6H24Si6.C5H20SSi5.C5H18SSi4.C5H22Si6.2C2H4Cl8Si4.C2H8Cl6Si5.C2H4Cl6Si3.2C2H4Cl4Si2.CH4.2Cl2/c1-9-11(3)5(7)6(8)12(11,4)10-2;1-6-11(8-2)9-5(7)4-10(11)3;1-6-10(3)5(8)4(7)9(10)2;1-8-11(9-2)5(7)4(6)10(11)3;3-11(13(5,6)7)1-2-12(11,4)14(8,9)10;3-11(4)1-2-12(11,13(5,6)7)14(8,9)10;3-11(4,5)13(12(6,7)8)9-1-2-10-13;3-9(4)1-2-10(9,5)11(6,7)8;2*3-7(4)1-2-8(7,5)6;;2*1-2/h5-6H,9-10H2,1-4,7-8H3;5,10H,4,8-9H2,1-3,7H3;4-5,9H,1-3,7-8H3;4-5,10H,8-9H2,1-3,6-7H3;2*1-2H2;1-2,9-10H2;1-2H2;2*1-2H2;1H4;;. The quantitative estimate of drug-likeness (QED) is 0.126. The molecule has 0 amide bonds. The minimum absolute atomic E-state index is 0. The van der Waals surface area contributed by atoms with Crippen LogP contribution < -0.4 is 0 Å². The monoisotopic (exact) mass is 3130 g/mol. The van der Waals surface area contributed by atoms with Crippen LogP contribution in [-0.4, -0.2) is 323 Å². The molecule has 0 bridgehead atoms. The normalized spacial score (nSPS) is 38.6. The molecule has 0 saturated carbocycles. The van der Waals surface area contributed by atoms with Crippen molar-refractivity contribution >= 4 is 775 Å². The molecular weight excluding hydrogens is 3040 g/mol. The molecule has 10 aliphatic heterocycles. The molecule has 0 aliphatic carbocycles. The zero-order chi connectivity index (χ0) is 93.5. The maximum absolute atomic E-state index is 6.39. The van der Waals surface area contributed by atoms with Crippen LogP contribution in [0.1, 0.15) is 7.43 Å². The van der Waals surface area contributed by atoms with E-state index in [-0.39, 0.29) is 62.8 Å². The zero-order valence-electron chi connectivity index (χ0n) is 68.1. The molecule has 0 aromatic carbocycles. The van der Waals surface area contributed by atoms with E-state index >= 15 is 0 Å². The average molecular weight is 3160 g/mol. The second-order valence-electron chi connectivity index (χ2n) is 33.2. The third-order valence-electron chi connectivity index (χ3n) is 29.1. The van der Waals surface area contributed by atoms with Gasteiger partial charge in [0.25, 0.3) is 31.1 Å². The van der Waals surface area contributed by atoms with Gasteiger partial charge in [-0.2, -0.15) is 77.8 Å². The molecule has 10 saturated heterocycles. The lowest BCUT2D eigenvalue weighted by Gasteiger charge is -2.64. The van der Waals surface area contributed by atoms with E-state index in [4.69, 9.17) is 399 Å². The van der Waals surface area contributed by atoms with Crippen LogP contribution in [0.5, 0.6) is 0 Å². The minimum atomic E-state index is -3.08. The van der Waals surface area contributed by atoms with Crippen LogP contribution in [0.4, 0.5) is 0 Å². The fourth-order valence-corrected chi connectivity index (χ4v) is 727. The Morgan fingerprint density at radius 1 is 0.350 bits per heavy atom. The summed E-state index contributed by atoms with van der Waals surface area (Å²) in [5.74, 6) is -0.379. The van der Waals surface area contributed by atoms with Crippen molar-refractivity contribution < 1.29 is 0 Å². The van der Waals surface area contributed by atoms with Crippen LogP contribution >= 0.6 is 465 Å². The number of hydrogen-bond acceptors (Lipinski definition) is 2. The highest BCUT2D eigenvalue weighted by Gasteiger charge is 2.83. The third-order valence-corrected chi connectivity index (χ3v) is 684. The zero-order valence-corrected chi connectivity index (χ0v) is 152. The van der Waals surface area contributed by atoms with Gasteiger partial charge in [-0.1, -0.05) is 140 Å². The van der Waals surface area contributed by atoms with E-state index in [0.717, 1.165) is 36.3 Å². The molecule has 0 radical (unpaired) electrons. The molecule has 117 heavy (non-hydrogen) atoms. The SMILES string of the molecule is C.CS[Si]1(C)C([SiH3])C([SiH3])[SiH]1C.C[SiH2][Si]1(C)C([SiH3])C([SiH3])[Si]1(C)[SiH2]C.C[SiH2][Si]1(SC)[SiH2]C([SiH3])C[SiH]1C.C[SiH2][Si]1([SiH2]C)C([SiH3])C([SiH3])[SiH]1C.ClCl.ClCl.Cl[Si](Cl)(Cl)[Si]1(Cl)CC[Si]1(Cl)Cl.Cl[Si](Cl)(Cl)[Si]1(Cl)CC[Si]1(Cl)[Si](Cl)(Cl)Cl.Cl[Si](Cl)(Cl)[Si]1([Si](Cl)(Cl)Cl)CC[Si]1(Cl)Cl.Cl[Si](Cl)(Cl)[Si]1([Si](Cl)(Cl)Cl)[SiH2]CC[SiH2]1.Cl[Si]1(Cl)CC[Si]1(Cl)Cl.Cl[Si]1(Cl)CC[Si]1(Cl)Cl. The number of rotatable bonds is 14. The summed E-state index contributed by atoms with van der Waals surface area (Å²) < 4.78 is 0. The lowest BCUT2D eigenvalue weighted by molar-refractivity contribution is 1.12. The van der Waals surface area contributed by atoms with Crippen LogP contribution in [0.15, 0.2) is 0 Å². The number of halogens is 40. The first kappa shape index (κ1) is 142. The van der Waals surface area contributed by atoms with E-state index in [1.807, 2.05) is 0 Å². The van der Waals surface area contributed by atoms with Gasteiger partial charge in [-0.15, -0.1) is 343 Å². The summed E-state index contributed by atoms with van der Waals surface area (Å²) in [5.41, 5.74) is -20.3. The van der Waals surface area contributed by atoms with Crippen molar-refractivity contribution in [3.8, 4) is 0 Å². The predicted octanol–water partition coefficient (Wildman–Crippen LogP) is 18.3. The van der Waals surface area contributed by atoms with Crippen molar-refractivity contribution in [1.82, 2.24) is 0 Å². The summed E-state index contributed by atoms with van der Waals surface area (Å²) in [6.07, 6.45) is -17.8. The van der Waals surface area contributed by atoms with Gasteiger partial charge in [0.05, 0.1) is 5.78 Å². The van der Waals surface area contributed by atoms with Gasteiger partial charge in [-0.05, 0) is 66.9 Å². The topological polar surface area (TPSA) is 0 Å². The van der Waals surface area contributed by atoms with Crippen molar-refractivity contribution in [1.29, 1.82) is 0 Å². The Balaban J connectivity index is -0.00000123. The first-order valence-corrected chi connectivity index (χ1v) is 191. The van der Waals surface area contributed by atoms with Crippen LogP contribution in [-0.2, 0) is 0 Å². The van der Waals surface area contributed by atoms with Gasteiger partial charge in [0.1, 0.15) is 12.9 Å². The Hall–Kier alpha value is 21.2. The van der Waals surface area contributed by atoms with Gasteiger partial charge in [0.2, 0.25) is 25.5 Å². The molecule has 10 fully saturated rings. The first-order valence-electron chi connectivity index (χ1n) is 37.6. The highest BCUT2D eigenvalue weighted by atomic mass is 36.5. The van der Waals surface area contributed by atoms with Crippen LogP contribution in [0.3, 0.4) is 0 Å². The fraction of sp³-hybridized carbons (Fsp3) is 1.00. The second-order valence-corrected chi connectivity index (χ2v) is 418. The van der Waals surface area contributed by atoms with Crippen molar-refractivity contribution in [3.63, 3.8) is 0 Å². The number of hydrogen-bond donors (Lipinski definition) is 0. The van der Waals surface area contributed by atoms with Gasteiger partial charge >= 0.3 is 38.6 Å². The van der Waals surface area contributed by atoms with Crippen molar-refractivity contribution in [2.45, 2.75) is 194 Å². The van der Waals surface area contributed by atoms with Gasteiger partial charge in [0.15, 0.2) is 6.63 Å². The summed E-state index contributed by atoms with van der Waals surface area (Å²) in [5, 5.41) is 9.74. The molecule has 0 spiro atoms. The molecule has 10 heterocycles. The molecule has 0 nitrogen and oxygen atoms in total. The molecule has 0 N–H and O–H groups in total. The smallest absolute Gasteiger partial charge is 0.199 e. The Kier molecular flexibility index (Phi) is 68.7. The van der Waals surface area contributed by atoms with Crippen molar-refractivity contribution in [2.75, 3.05) is 12.5 Å². The van der Waals surface area contributed by atoms with Gasteiger partial charge < -0.3 is 0 Å². The maximum atomic E-state index is 6.39. The van der Waals surface area contributed by atoms with Crippen LogP contribution in [0.25, 0.3) is 0 Å². The second kappa shape index (κ2) is 56.5. The minimum Gasteiger partial charge on any atom is -0.199 e. The largest absolute Gasteiger partial charge is 0.342 e. The van der Waals surface area contributed by atoms with Gasteiger partial charge in [-0.25, -0.2) is 0 Å². The summed E-state index contributed by atoms with van der Waals surface area (Å²) in [7, 11) is 28.4. The molecule has 0 aromatic rings. The molecule has 0 aromatic heterocycles. The van der Waals surface area contributed by atoms with E-state index in [1.54, 1.807) is 57.3 Å². The Morgan fingerprint density at radius 2 is 0.641 bits per heavy atom. The highest BCUT2D eigenvalue weighted by molar-refractivity contribution is 8.45. The molecule has 10 rings (SSSR count). The van der Waals surface area contributed by atoms with E-state index in [0.29, 0.717) is 78.4 Å². The lowest BCUT2D eigenvalue weighted by atomic mass is 10.9. The Bertz CT molecular complexity index is 2780. The molecule has 17 unspecified atom stereocenters. The summed E-state index contributed by atoms with van der Waals surface area (Å²) in [6, 6.07) is 12.1. The highest BCUT2D eigenvalue weighted by Crippen LogP contribution is 2.64. The first-order chi connectivity index (χ1) is 51.5. The van der Waals surface area contributed by atoms with Crippen LogP contribution in [0.2, 0.25) is 187 Å². The summed E-state index contributed by atoms with van der Waals surface area (Å²) >= 11 is 221. The maximum Gasteiger partial charge on any atom is 0.342 e. The molecule has 10 aliphatic rings. The lowest BCUT2D eigenvalue weighted by Crippen LogP contribution is -2.83. The van der Waals surface area contributed by atoms with Gasteiger partial charge in [-0.3, -0.25) is 0 Å². The summed E-state index contributed by atoms with van der Waals surface area (Å²) in [6.45, 7) is 26.2. The predicted molar refractivity (Wildman–Crippen MR) is 713 cm³/mol. The average Bonchev–Trinajstić information content (AvgIpc) is 0.916. The van der Waals surface area contributed by atoms with Gasteiger partial charge in [0, 0.05) is 233 Å². The third kappa shape index (κ3) is 33.4. The summed E-state index contributed by atoms with van der Waals surface area (Å²) in [4.78, 5) is 0. The molecular formula is C34H116Cl40S2Si41. The Labute approximate surface area is 962 Å². The molecule has 708 valence electrons. The van der Waals surface area contributed by atoms with E-state index in [2.05, 4.69) is 150 Å². The molecule has 17 atom stereocenters. The van der Waals surface area contributed by atoms with E-state index in [1.165, 1.54) is 68.7 Å². The van der Waals surface area contributed by atoms with Crippen molar-refractivity contribution in [3.05, 3.63) is 0 Å². The van der Waals surface area contributed by atoms with E-state index < -0.39 is 129 Å². The fourth-order valence-electron chi connectivity index (χ4n) is 17.9. The Morgan fingerprint density at radius 3 is 0.735 bits per heavy atom. The van der Waals surface area contributed by atoms with Crippen molar-refractivity contribution in [2.24, 2.45) is 0 Å². The molecule has 83 heteroatoms.